The Morgan fingerprint density at radius 3 is 2.28 bits per heavy atom. The zero-order valence-corrected chi connectivity index (χ0v) is 16.6. The highest BCUT2D eigenvalue weighted by Crippen LogP contribution is 2.18. The number of aryl methyl sites for hydroxylation is 1. The molecule has 0 saturated carbocycles. The first-order chi connectivity index (χ1) is 13.9. The van der Waals surface area contributed by atoms with Crippen molar-refractivity contribution >= 4 is 23.5 Å². The van der Waals surface area contributed by atoms with Crippen molar-refractivity contribution in [3.05, 3.63) is 53.6 Å². The van der Waals surface area contributed by atoms with Gasteiger partial charge in [0.15, 0.2) is 13.2 Å². The lowest BCUT2D eigenvalue weighted by atomic mass is 10.1. The minimum Gasteiger partial charge on any atom is -0.497 e. The van der Waals surface area contributed by atoms with E-state index in [4.69, 9.17) is 14.2 Å². The maximum atomic E-state index is 12.0. The van der Waals surface area contributed by atoms with E-state index in [9.17, 15) is 14.4 Å². The molecule has 0 aliphatic rings. The monoisotopic (exact) mass is 400 g/mol. The van der Waals surface area contributed by atoms with Gasteiger partial charge in [0.05, 0.1) is 13.7 Å². The maximum absolute atomic E-state index is 12.0. The third-order valence-electron chi connectivity index (χ3n) is 4.11. The molecule has 0 unspecified atom stereocenters. The van der Waals surface area contributed by atoms with E-state index in [-0.39, 0.29) is 19.1 Å². The van der Waals surface area contributed by atoms with Crippen LogP contribution >= 0.6 is 0 Å². The summed E-state index contributed by atoms with van der Waals surface area (Å²) < 4.78 is 15.1. The van der Waals surface area contributed by atoms with Crippen LogP contribution in [0.1, 0.15) is 11.1 Å². The fourth-order valence-corrected chi connectivity index (χ4v) is 2.31. The fourth-order valence-electron chi connectivity index (χ4n) is 2.31. The molecule has 0 aliphatic carbocycles. The lowest BCUT2D eigenvalue weighted by Crippen LogP contribution is -2.36. The van der Waals surface area contributed by atoms with Crippen molar-refractivity contribution in [2.24, 2.45) is 0 Å². The third-order valence-corrected chi connectivity index (χ3v) is 4.11. The molecular weight excluding hydrogens is 376 g/mol. The van der Waals surface area contributed by atoms with E-state index in [1.165, 1.54) is 0 Å². The van der Waals surface area contributed by atoms with Crippen LogP contribution in [-0.4, -0.2) is 44.7 Å². The number of ether oxygens (including phenoxy) is 3. The minimum absolute atomic E-state index is 0.230. The van der Waals surface area contributed by atoms with Crippen LogP contribution < -0.4 is 20.1 Å². The number of anilines is 1. The van der Waals surface area contributed by atoms with E-state index in [0.29, 0.717) is 17.2 Å². The summed E-state index contributed by atoms with van der Waals surface area (Å²) in [6, 6.07) is 12.2. The molecule has 0 aliphatic heterocycles. The van der Waals surface area contributed by atoms with E-state index in [1.54, 1.807) is 37.4 Å². The summed E-state index contributed by atoms with van der Waals surface area (Å²) in [6.07, 6.45) is 0. The topological polar surface area (TPSA) is 103 Å². The standard InChI is InChI=1S/C21H24N2O6/c1-14-5-4-6-18(15(14)2)23-19(24)11-22-20(25)12-29-21(26)13-28-17-9-7-16(27-3)8-10-17/h4-10H,11-13H2,1-3H3,(H,22,25)(H,23,24). The second-order valence-corrected chi connectivity index (χ2v) is 6.20. The number of rotatable bonds is 9. The molecule has 154 valence electrons. The van der Waals surface area contributed by atoms with Gasteiger partial charge in [0, 0.05) is 5.69 Å². The molecule has 8 nitrogen and oxygen atoms in total. The molecule has 2 N–H and O–H groups in total. The summed E-state index contributed by atoms with van der Waals surface area (Å²) in [5.74, 6) is -0.524. The zero-order valence-electron chi connectivity index (χ0n) is 16.6. The Morgan fingerprint density at radius 2 is 1.59 bits per heavy atom. The van der Waals surface area contributed by atoms with Crippen LogP contribution in [0.3, 0.4) is 0 Å². The number of carbonyl (C=O) groups is 3. The molecule has 0 aromatic heterocycles. The first-order valence-electron chi connectivity index (χ1n) is 8.94. The predicted molar refractivity (Wildman–Crippen MR) is 107 cm³/mol. The van der Waals surface area contributed by atoms with Crippen LogP contribution in [-0.2, 0) is 19.1 Å². The van der Waals surface area contributed by atoms with Gasteiger partial charge in [0.25, 0.3) is 5.91 Å². The predicted octanol–water partition coefficient (Wildman–Crippen LogP) is 1.99. The fraction of sp³-hybridized carbons (Fsp3) is 0.286. The minimum atomic E-state index is -0.698. The number of carbonyl (C=O) groups excluding carboxylic acids is 3. The average molecular weight is 400 g/mol. The van der Waals surface area contributed by atoms with Crippen LogP contribution in [0.5, 0.6) is 11.5 Å². The summed E-state index contributed by atoms with van der Waals surface area (Å²) in [6.45, 7) is 2.77. The number of nitrogens with one attached hydrogen (secondary N) is 2. The van der Waals surface area contributed by atoms with Gasteiger partial charge < -0.3 is 24.8 Å². The van der Waals surface area contributed by atoms with E-state index < -0.39 is 18.5 Å². The second-order valence-electron chi connectivity index (χ2n) is 6.20. The molecule has 8 heteroatoms. The molecule has 0 bridgehead atoms. The van der Waals surface area contributed by atoms with Crippen LogP contribution in [0, 0.1) is 13.8 Å². The third kappa shape index (κ3) is 7.17. The second kappa shape index (κ2) is 10.7. The van der Waals surface area contributed by atoms with Crippen molar-refractivity contribution in [2.45, 2.75) is 13.8 Å². The zero-order chi connectivity index (χ0) is 21.2. The lowest BCUT2D eigenvalue weighted by molar-refractivity contribution is -0.150. The van der Waals surface area contributed by atoms with Gasteiger partial charge in [0.1, 0.15) is 11.5 Å². The van der Waals surface area contributed by atoms with E-state index in [1.807, 2.05) is 26.0 Å². The summed E-state index contributed by atoms with van der Waals surface area (Å²) in [5.41, 5.74) is 2.69. The van der Waals surface area contributed by atoms with E-state index >= 15 is 0 Å². The Hall–Kier alpha value is -3.55. The van der Waals surface area contributed by atoms with Gasteiger partial charge >= 0.3 is 5.97 Å². The van der Waals surface area contributed by atoms with Gasteiger partial charge in [-0.3, -0.25) is 9.59 Å². The summed E-state index contributed by atoms with van der Waals surface area (Å²) in [5, 5.41) is 5.12. The summed E-state index contributed by atoms with van der Waals surface area (Å²) >= 11 is 0. The van der Waals surface area contributed by atoms with Crippen LogP contribution in [0.15, 0.2) is 42.5 Å². The highest BCUT2D eigenvalue weighted by atomic mass is 16.6. The number of esters is 1. The van der Waals surface area contributed by atoms with Crippen LogP contribution in [0.25, 0.3) is 0 Å². The quantitative estimate of drug-likeness (QED) is 0.624. The Kier molecular flexibility index (Phi) is 8.02. The molecule has 2 aromatic rings. The van der Waals surface area contributed by atoms with Gasteiger partial charge in [-0.2, -0.15) is 0 Å². The summed E-state index contributed by atoms with van der Waals surface area (Å²) in [7, 11) is 1.55. The molecule has 0 heterocycles. The molecule has 0 radical (unpaired) electrons. The van der Waals surface area contributed by atoms with Crippen molar-refractivity contribution in [3.63, 3.8) is 0 Å². The average Bonchev–Trinajstić information content (AvgIpc) is 2.73. The number of hydrogen-bond acceptors (Lipinski definition) is 6. The Bertz CT molecular complexity index is 864. The van der Waals surface area contributed by atoms with Crippen molar-refractivity contribution in [3.8, 4) is 11.5 Å². The molecule has 2 amide bonds. The van der Waals surface area contributed by atoms with E-state index in [0.717, 1.165) is 11.1 Å². The molecule has 29 heavy (non-hydrogen) atoms. The Balaban J connectivity index is 1.66. The van der Waals surface area contributed by atoms with Crippen LogP contribution in [0.4, 0.5) is 5.69 Å². The maximum Gasteiger partial charge on any atom is 0.344 e. The normalized spacial score (nSPS) is 10.0. The van der Waals surface area contributed by atoms with Crippen molar-refractivity contribution in [1.29, 1.82) is 0 Å². The van der Waals surface area contributed by atoms with E-state index in [2.05, 4.69) is 10.6 Å². The Morgan fingerprint density at radius 1 is 0.897 bits per heavy atom. The first-order valence-corrected chi connectivity index (χ1v) is 8.94. The highest BCUT2D eigenvalue weighted by Gasteiger charge is 2.11. The van der Waals surface area contributed by atoms with Gasteiger partial charge in [-0.15, -0.1) is 0 Å². The van der Waals surface area contributed by atoms with Gasteiger partial charge in [-0.05, 0) is 55.3 Å². The number of amides is 2. The largest absolute Gasteiger partial charge is 0.497 e. The SMILES string of the molecule is COc1ccc(OCC(=O)OCC(=O)NCC(=O)Nc2cccc(C)c2C)cc1. The molecular formula is C21H24N2O6. The molecule has 0 spiro atoms. The number of benzene rings is 2. The Labute approximate surface area is 169 Å². The van der Waals surface area contributed by atoms with Crippen LogP contribution in [0.2, 0.25) is 0 Å². The van der Waals surface area contributed by atoms with Crippen molar-refractivity contribution in [1.82, 2.24) is 5.32 Å². The van der Waals surface area contributed by atoms with Crippen molar-refractivity contribution in [2.75, 3.05) is 32.2 Å². The smallest absolute Gasteiger partial charge is 0.344 e. The number of hydrogen-bond donors (Lipinski definition) is 2. The summed E-state index contributed by atoms with van der Waals surface area (Å²) in [4.78, 5) is 35.4. The molecule has 0 saturated heterocycles. The van der Waals surface area contributed by atoms with Gasteiger partial charge in [-0.25, -0.2) is 4.79 Å². The molecule has 2 rings (SSSR count). The van der Waals surface area contributed by atoms with Gasteiger partial charge in [-0.1, -0.05) is 12.1 Å². The highest BCUT2D eigenvalue weighted by molar-refractivity contribution is 5.95. The van der Waals surface area contributed by atoms with Gasteiger partial charge in [0.2, 0.25) is 5.91 Å². The first kappa shape index (κ1) is 21.7. The molecule has 0 fully saturated rings. The molecule has 2 aromatic carbocycles. The van der Waals surface area contributed by atoms with Crippen molar-refractivity contribution < 1.29 is 28.6 Å². The lowest BCUT2D eigenvalue weighted by Gasteiger charge is -2.11. The number of methoxy groups -OCH3 is 1. The molecule has 0 atom stereocenters.